The van der Waals surface area contributed by atoms with E-state index in [1.54, 1.807) is 12.1 Å². The van der Waals surface area contributed by atoms with Gasteiger partial charge in [-0.3, -0.25) is 0 Å². The summed E-state index contributed by atoms with van der Waals surface area (Å²) >= 11 is 1.35. The molecule has 1 aromatic carbocycles. The second-order valence-corrected chi connectivity index (χ2v) is 5.85. The normalized spacial score (nSPS) is 14.3. The van der Waals surface area contributed by atoms with E-state index in [-0.39, 0.29) is 5.82 Å². The molecule has 1 saturated carbocycles. The fourth-order valence-corrected chi connectivity index (χ4v) is 2.78. The SMILES string of the molecule is CCNc1cc(Sc2ccccc2F)nc(C2CC2)n1. The fraction of sp³-hybridized carbons (Fsp3) is 0.333. The van der Waals surface area contributed by atoms with Crippen LogP contribution in [0, 0.1) is 5.82 Å². The molecule has 0 radical (unpaired) electrons. The van der Waals surface area contributed by atoms with E-state index in [1.165, 1.54) is 17.8 Å². The van der Waals surface area contributed by atoms with E-state index in [0.29, 0.717) is 10.8 Å². The number of halogens is 1. The van der Waals surface area contributed by atoms with Crippen molar-refractivity contribution in [3.63, 3.8) is 0 Å². The van der Waals surface area contributed by atoms with Gasteiger partial charge in [-0.1, -0.05) is 23.9 Å². The summed E-state index contributed by atoms with van der Waals surface area (Å²) < 4.78 is 13.7. The Kier molecular flexibility index (Phi) is 3.87. The highest BCUT2D eigenvalue weighted by molar-refractivity contribution is 7.99. The Morgan fingerprint density at radius 2 is 2.10 bits per heavy atom. The molecule has 3 nitrogen and oxygen atoms in total. The maximum Gasteiger partial charge on any atom is 0.137 e. The summed E-state index contributed by atoms with van der Waals surface area (Å²) in [6.07, 6.45) is 2.30. The van der Waals surface area contributed by atoms with Gasteiger partial charge in [-0.25, -0.2) is 14.4 Å². The van der Waals surface area contributed by atoms with Crippen LogP contribution >= 0.6 is 11.8 Å². The van der Waals surface area contributed by atoms with Crippen LogP contribution in [0.2, 0.25) is 0 Å². The molecule has 1 fully saturated rings. The van der Waals surface area contributed by atoms with Gasteiger partial charge >= 0.3 is 0 Å². The number of anilines is 1. The molecule has 0 amide bonds. The first-order chi connectivity index (χ1) is 9.76. The minimum Gasteiger partial charge on any atom is -0.370 e. The molecule has 0 atom stereocenters. The van der Waals surface area contributed by atoms with Crippen LogP contribution < -0.4 is 5.32 Å². The van der Waals surface area contributed by atoms with Crippen molar-refractivity contribution in [3.8, 4) is 0 Å². The molecule has 104 valence electrons. The van der Waals surface area contributed by atoms with Gasteiger partial charge in [0.05, 0.1) is 0 Å². The summed E-state index contributed by atoms with van der Waals surface area (Å²) in [7, 11) is 0. The van der Waals surface area contributed by atoms with Crippen LogP contribution in [0.4, 0.5) is 10.2 Å². The zero-order chi connectivity index (χ0) is 13.9. The van der Waals surface area contributed by atoms with Gasteiger partial charge in [-0.2, -0.15) is 0 Å². The van der Waals surface area contributed by atoms with Crippen molar-refractivity contribution in [1.82, 2.24) is 9.97 Å². The Hall–Kier alpha value is -1.62. The summed E-state index contributed by atoms with van der Waals surface area (Å²) in [5, 5.41) is 4.01. The van der Waals surface area contributed by atoms with Crippen LogP contribution in [0.15, 0.2) is 40.3 Å². The average molecular weight is 289 g/mol. The molecule has 0 spiro atoms. The van der Waals surface area contributed by atoms with Crippen molar-refractivity contribution in [2.75, 3.05) is 11.9 Å². The zero-order valence-electron chi connectivity index (χ0n) is 11.3. The molecule has 1 aromatic heterocycles. The lowest BCUT2D eigenvalue weighted by molar-refractivity contribution is 0.602. The van der Waals surface area contributed by atoms with Gasteiger partial charge in [0.25, 0.3) is 0 Å². The molecule has 2 aromatic rings. The maximum atomic E-state index is 13.7. The van der Waals surface area contributed by atoms with E-state index in [0.717, 1.165) is 36.1 Å². The second kappa shape index (κ2) is 5.79. The lowest BCUT2D eigenvalue weighted by atomic mass is 10.3. The molecule has 0 saturated heterocycles. The zero-order valence-corrected chi connectivity index (χ0v) is 12.1. The lowest BCUT2D eigenvalue weighted by Crippen LogP contribution is -2.03. The topological polar surface area (TPSA) is 37.8 Å². The smallest absolute Gasteiger partial charge is 0.137 e. The predicted octanol–water partition coefficient (Wildman–Crippen LogP) is 4.08. The van der Waals surface area contributed by atoms with Crippen molar-refractivity contribution in [3.05, 3.63) is 42.0 Å². The summed E-state index contributed by atoms with van der Waals surface area (Å²) in [5.74, 6) is 1.97. The molecule has 3 rings (SSSR count). The predicted molar refractivity (Wildman–Crippen MR) is 78.7 cm³/mol. The monoisotopic (exact) mass is 289 g/mol. The number of aromatic nitrogens is 2. The highest BCUT2D eigenvalue weighted by Crippen LogP contribution is 2.40. The number of hydrogen-bond donors (Lipinski definition) is 1. The van der Waals surface area contributed by atoms with Crippen LogP contribution in [0.1, 0.15) is 31.5 Å². The summed E-state index contributed by atoms with van der Waals surface area (Å²) in [6.45, 7) is 2.84. The van der Waals surface area contributed by atoms with Crippen molar-refractivity contribution >= 4 is 17.6 Å². The highest BCUT2D eigenvalue weighted by Gasteiger charge is 2.27. The minimum atomic E-state index is -0.214. The number of benzene rings is 1. The summed E-state index contributed by atoms with van der Waals surface area (Å²) in [4.78, 5) is 9.67. The van der Waals surface area contributed by atoms with Crippen LogP contribution in [-0.4, -0.2) is 16.5 Å². The Labute approximate surface area is 122 Å². The van der Waals surface area contributed by atoms with Crippen molar-refractivity contribution in [1.29, 1.82) is 0 Å². The quantitative estimate of drug-likeness (QED) is 0.842. The maximum absolute atomic E-state index is 13.7. The molecule has 1 N–H and O–H groups in total. The van der Waals surface area contributed by atoms with Gasteiger partial charge in [0, 0.05) is 23.4 Å². The Morgan fingerprint density at radius 3 is 2.80 bits per heavy atom. The number of hydrogen-bond acceptors (Lipinski definition) is 4. The third-order valence-electron chi connectivity index (χ3n) is 3.07. The van der Waals surface area contributed by atoms with Gasteiger partial charge in [-0.15, -0.1) is 0 Å². The van der Waals surface area contributed by atoms with E-state index < -0.39 is 0 Å². The number of nitrogens with zero attached hydrogens (tertiary/aromatic N) is 2. The first kappa shape index (κ1) is 13.4. The number of nitrogens with one attached hydrogen (secondary N) is 1. The highest BCUT2D eigenvalue weighted by atomic mass is 32.2. The van der Waals surface area contributed by atoms with E-state index in [4.69, 9.17) is 0 Å². The van der Waals surface area contributed by atoms with Gasteiger partial charge in [0.15, 0.2) is 0 Å². The summed E-state index contributed by atoms with van der Waals surface area (Å²) in [6, 6.07) is 8.65. The fourth-order valence-electron chi connectivity index (χ4n) is 1.93. The second-order valence-electron chi connectivity index (χ2n) is 4.79. The van der Waals surface area contributed by atoms with Gasteiger partial charge in [-0.05, 0) is 31.9 Å². The first-order valence-corrected chi connectivity index (χ1v) is 7.63. The van der Waals surface area contributed by atoms with E-state index in [9.17, 15) is 4.39 Å². The largest absolute Gasteiger partial charge is 0.370 e. The molecule has 0 aliphatic heterocycles. The minimum absolute atomic E-state index is 0.214. The molecule has 20 heavy (non-hydrogen) atoms. The third kappa shape index (κ3) is 3.10. The van der Waals surface area contributed by atoms with Crippen LogP contribution in [-0.2, 0) is 0 Å². The van der Waals surface area contributed by atoms with E-state index in [1.807, 2.05) is 19.1 Å². The third-order valence-corrected chi connectivity index (χ3v) is 4.04. The van der Waals surface area contributed by atoms with Crippen molar-refractivity contribution in [2.24, 2.45) is 0 Å². The van der Waals surface area contributed by atoms with E-state index >= 15 is 0 Å². The Bertz CT molecular complexity index is 614. The van der Waals surface area contributed by atoms with Crippen molar-refractivity contribution < 1.29 is 4.39 Å². The van der Waals surface area contributed by atoms with Crippen LogP contribution in [0.25, 0.3) is 0 Å². The van der Waals surface area contributed by atoms with Gasteiger partial charge < -0.3 is 5.32 Å². The lowest BCUT2D eigenvalue weighted by Gasteiger charge is -2.08. The summed E-state index contributed by atoms with van der Waals surface area (Å²) in [5.41, 5.74) is 0. The standard InChI is InChI=1S/C15H16FN3S/c1-2-17-13-9-14(19-15(18-13)10-7-8-10)20-12-6-4-3-5-11(12)16/h3-6,9-10H,2,7-8H2,1H3,(H,17,18,19). The van der Waals surface area contributed by atoms with E-state index in [2.05, 4.69) is 15.3 Å². The molecule has 1 aliphatic rings. The first-order valence-electron chi connectivity index (χ1n) is 6.81. The van der Waals surface area contributed by atoms with Crippen molar-refractivity contribution in [2.45, 2.75) is 35.6 Å². The molecular weight excluding hydrogens is 273 g/mol. The molecule has 0 bridgehead atoms. The van der Waals surface area contributed by atoms with Gasteiger partial charge in [0.2, 0.25) is 0 Å². The molecular formula is C15H16FN3S. The van der Waals surface area contributed by atoms with Crippen LogP contribution in [0.3, 0.4) is 0 Å². The molecule has 0 unspecified atom stereocenters. The van der Waals surface area contributed by atoms with Gasteiger partial charge in [0.1, 0.15) is 22.5 Å². The Morgan fingerprint density at radius 1 is 1.30 bits per heavy atom. The molecule has 1 aliphatic carbocycles. The molecule has 1 heterocycles. The molecule has 5 heteroatoms. The van der Waals surface area contributed by atoms with Crippen LogP contribution in [0.5, 0.6) is 0 Å². The average Bonchev–Trinajstić information content (AvgIpc) is 3.26. The Balaban J connectivity index is 1.89. The number of rotatable bonds is 5.